The number of benzene rings is 1. The summed E-state index contributed by atoms with van der Waals surface area (Å²) in [6.07, 6.45) is 0.312. The topological polar surface area (TPSA) is 89.3 Å². The Hall–Kier alpha value is -1.55. The first kappa shape index (κ1) is 10.5. The highest BCUT2D eigenvalue weighted by Gasteiger charge is 2.13. The Morgan fingerprint density at radius 2 is 2.21 bits per heavy atom. The summed E-state index contributed by atoms with van der Waals surface area (Å²) in [7, 11) is 0. The Morgan fingerprint density at radius 3 is 2.79 bits per heavy atom. The quantitative estimate of drug-likeness (QED) is 0.612. The first-order valence-corrected chi connectivity index (χ1v) is 4.34. The van der Waals surface area contributed by atoms with E-state index in [-0.39, 0.29) is 0 Å². The largest absolute Gasteiger partial charge is 0.480 e. The molecule has 0 amide bonds. The van der Waals surface area contributed by atoms with Crippen LogP contribution in [0.3, 0.4) is 0 Å². The van der Waals surface area contributed by atoms with Gasteiger partial charge in [-0.25, -0.2) is 0 Å². The summed E-state index contributed by atoms with van der Waals surface area (Å²) in [5.74, 6) is -0.994. The lowest BCUT2D eigenvalue weighted by Crippen LogP contribution is -2.32. The second-order valence-corrected chi connectivity index (χ2v) is 3.28. The molecule has 0 radical (unpaired) electrons. The third kappa shape index (κ3) is 2.23. The van der Waals surface area contributed by atoms with Crippen LogP contribution in [-0.2, 0) is 11.2 Å². The first-order valence-electron chi connectivity index (χ1n) is 4.34. The lowest BCUT2D eigenvalue weighted by molar-refractivity contribution is -0.138. The minimum Gasteiger partial charge on any atom is -0.480 e. The van der Waals surface area contributed by atoms with E-state index >= 15 is 0 Å². The van der Waals surface area contributed by atoms with Crippen molar-refractivity contribution in [2.45, 2.75) is 19.4 Å². The van der Waals surface area contributed by atoms with Crippen molar-refractivity contribution in [3.63, 3.8) is 0 Å². The molecule has 0 aromatic heterocycles. The van der Waals surface area contributed by atoms with Gasteiger partial charge in [0.25, 0.3) is 0 Å². The number of carboxylic acid groups (broad SMARTS) is 1. The van der Waals surface area contributed by atoms with Crippen LogP contribution in [0.1, 0.15) is 11.1 Å². The van der Waals surface area contributed by atoms with Gasteiger partial charge in [-0.3, -0.25) is 4.79 Å². The molecular formula is C10H14N2O2. The van der Waals surface area contributed by atoms with E-state index in [2.05, 4.69) is 0 Å². The maximum atomic E-state index is 10.5. The van der Waals surface area contributed by atoms with E-state index in [4.69, 9.17) is 16.6 Å². The summed E-state index contributed by atoms with van der Waals surface area (Å²) < 4.78 is 0. The molecule has 1 rings (SSSR count). The molecule has 4 nitrogen and oxygen atoms in total. The van der Waals surface area contributed by atoms with E-state index in [9.17, 15) is 4.79 Å². The van der Waals surface area contributed by atoms with Crippen LogP contribution >= 0.6 is 0 Å². The molecule has 0 bridgehead atoms. The van der Waals surface area contributed by atoms with Gasteiger partial charge in [0.05, 0.1) is 0 Å². The molecule has 0 aliphatic carbocycles. The summed E-state index contributed by atoms with van der Waals surface area (Å²) in [5, 5.41) is 8.65. The fourth-order valence-corrected chi connectivity index (χ4v) is 1.25. The summed E-state index contributed by atoms with van der Waals surface area (Å²) in [6.45, 7) is 1.86. The number of carboxylic acids is 1. The van der Waals surface area contributed by atoms with Crippen LogP contribution < -0.4 is 11.5 Å². The predicted octanol–water partition coefficient (Wildman–Crippen LogP) is 0.532. The van der Waals surface area contributed by atoms with Crippen molar-refractivity contribution in [2.24, 2.45) is 5.73 Å². The molecule has 5 N–H and O–H groups in total. The van der Waals surface area contributed by atoms with Crippen molar-refractivity contribution < 1.29 is 9.90 Å². The fraction of sp³-hybridized carbons (Fsp3) is 0.300. The average molecular weight is 194 g/mol. The highest BCUT2D eigenvalue weighted by atomic mass is 16.4. The van der Waals surface area contributed by atoms with Gasteiger partial charge in [-0.15, -0.1) is 0 Å². The molecule has 0 saturated carbocycles. The monoisotopic (exact) mass is 194 g/mol. The second kappa shape index (κ2) is 4.11. The Balaban J connectivity index is 2.87. The first-order chi connectivity index (χ1) is 6.52. The average Bonchev–Trinajstić information content (AvgIpc) is 2.12. The second-order valence-electron chi connectivity index (χ2n) is 3.28. The van der Waals surface area contributed by atoms with Gasteiger partial charge < -0.3 is 16.6 Å². The summed E-state index contributed by atoms with van der Waals surface area (Å²) >= 11 is 0. The van der Waals surface area contributed by atoms with Crippen molar-refractivity contribution in [2.75, 3.05) is 5.73 Å². The molecule has 76 valence electrons. The zero-order valence-corrected chi connectivity index (χ0v) is 8.03. The minimum atomic E-state index is -0.994. The molecule has 14 heavy (non-hydrogen) atoms. The molecule has 1 atom stereocenters. The van der Waals surface area contributed by atoms with Crippen LogP contribution in [0.15, 0.2) is 18.2 Å². The molecule has 4 heteroatoms. The van der Waals surface area contributed by atoms with Gasteiger partial charge in [-0.2, -0.15) is 0 Å². The van der Waals surface area contributed by atoms with Crippen molar-refractivity contribution >= 4 is 11.7 Å². The highest BCUT2D eigenvalue weighted by Crippen LogP contribution is 2.16. The maximum Gasteiger partial charge on any atom is 0.320 e. The van der Waals surface area contributed by atoms with Crippen LogP contribution in [0.2, 0.25) is 0 Å². The molecule has 1 aromatic carbocycles. The molecular weight excluding hydrogens is 180 g/mol. The number of hydrogen-bond donors (Lipinski definition) is 3. The van der Waals surface area contributed by atoms with Gasteiger partial charge >= 0.3 is 5.97 Å². The highest BCUT2D eigenvalue weighted by molar-refractivity contribution is 5.73. The standard InChI is InChI=1S/C10H14N2O2/c1-6-7(3-2-4-8(6)11)5-9(12)10(13)14/h2-4,9H,5,11-12H2,1H3,(H,13,14)/t9-/m1/s1. The molecule has 0 heterocycles. The van der Waals surface area contributed by atoms with Gasteiger partial charge in [0.1, 0.15) is 6.04 Å². The Kier molecular flexibility index (Phi) is 3.09. The molecule has 0 aliphatic heterocycles. The van der Waals surface area contributed by atoms with Gasteiger partial charge in [-0.05, 0) is 30.5 Å². The molecule has 0 fully saturated rings. The molecule has 0 spiro atoms. The fourth-order valence-electron chi connectivity index (χ4n) is 1.25. The van der Waals surface area contributed by atoms with E-state index < -0.39 is 12.0 Å². The Labute approximate surface area is 82.5 Å². The summed E-state index contributed by atoms with van der Waals surface area (Å²) in [4.78, 5) is 10.5. The Morgan fingerprint density at radius 1 is 1.57 bits per heavy atom. The van der Waals surface area contributed by atoms with E-state index in [0.29, 0.717) is 12.1 Å². The SMILES string of the molecule is Cc1c(N)cccc1C[C@@H](N)C(=O)O. The lowest BCUT2D eigenvalue weighted by Gasteiger charge is -2.10. The normalized spacial score (nSPS) is 12.4. The number of carbonyl (C=O) groups is 1. The van der Waals surface area contributed by atoms with E-state index in [0.717, 1.165) is 11.1 Å². The molecule has 0 saturated heterocycles. The van der Waals surface area contributed by atoms with Crippen LogP contribution in [-0.4, -0.2) is 17.1 Å². The van der Waals surface area contributed by atoms with Crippen molar-refractivity contribution in [1.82, 2.24) is 0 Å². The Bertz CT molecular complexity index is 350. The van der Waals surface area contributed by atoms with Crippen molar-refractivity contribution in [3.8, 4) is 0 Å². The van der Waals surface area contributed by atoms with Crippen LogP contribution in [0, 0.1) is 6.92 Å². The third-order valence-corrected chi connectivity index (χ3v) is 2.24. The number of rotatable bonds is 3. The third-order valence-electron chi connectivity index (χ3n) is 2.24. The van der Waals surface area contributed by atoms with E-state index in [1.807, 2.05) is 13.0 Å². The van der Waals surface area contributed by atoms with Crippen LogP contribution in [0.25, 0.3) is 0 Å². The number of nitrogens with two attached hydrogens (primary N) is 2. The van der Waals surface area contributed by atoms with E-state index in [1.54, 1.807) is 12.1 Å². The smallest absolute Gasteiger partial charge is 0.320 e. The van der Waals surface area contributed by atoms with Gasteiger partial charge in [0.2, 0.25) is 0 Å². The zero-order chi connectivity index (χ0) is 10.7. The zero-order valence-electron chi connectivity index (χ0n) is 8.03. The van der Waals surface area contributed by atoms with Crippen LogP contribution in [0.5, 0.6) is 0 Å². The number of hydrogen-bond acceptors (Lipinski definition) is 3. The van der Waals surface area contributed by atoms with Crippen molar-refractivity contribution in [1.29, 1.82) is 0 Å². The van der Waals surface area contributed by atoms with Gasteiger partial charge in [0.15, 0.2) is 0 Å². The van der Waals surface area contributed by atoms with Crippen LogP contribution in [0.4, 0.5) is 5.69 Å². The van der Waals surface area contributed by atoms with E-state index in [1.165, 1.54) is 0 Å². The predicted molar refractivity (Wildman–Crippen MR) is 54.9 cm³/mol. The van der Waals surface area contributed by atoms with Crippen molar-refractivity contribution in [3.05, 3.63) is 29.3 Å². The van der Waals surface area contributed by atoms with Gasteiger partial charge in [0, 0.05) is 5.69 Å². The molecule has 1 aromatic rings. The molecule has 0 unspecified atom stereocenters. The lowest BCUT2D eigenvalue weighted by atomic mass is 10.0. The number of aliphatic carboxylic acids is 1. The van der Waals surface area contributed by atoms with Gasteiger partial charge in [-0.1, -0.05) is 12.1 Å². The minimum absolute atomic E-state index is 0.312. The maximum absolute atomic E-state index is 10.5. The summed E-state index contributed by atoms with van der Waals surface area (Å²) in [5.41, 5.74) is 13.6. The number of anilines is 1. The summed E-state index contributed by atoms with van der Waals surface area (Å²) in [6, 6.07) is 4.56. The number of nitrogen functional groups attached to an aromatic ring is 1. The molecule has 0 aliphatic rings.